The molecule has 5 heteroatoms. The van der Waals surface area contributed by atoms with Crippen LogP contribution >= 0.6 is 0 Å². The lowest BCUT2D eigenvalue weighted by molar-refractivity contribution is 0.236. The van der Waals surface area contributed by atoms with Gasteiger partial charge in [0.05, 0.1) is 17.7 Å². The first-order chi connectivity index (χ1) is 12.3. The Morgan fingerprint density at radius 1 is 1.20 bits per heavy atom. The van der Waals surface area contributed by atoms with E-state index in [-0.39, 0.29) is 0 Å². The summed E-state index contributed by atoms with van der Waals surface area (Å²) in [4.78, 5) is 11.7. The van der Waals surface area contributed by atoms with Crippen LogP contribution in [0.2, 0.25) is 0 Å². The van der Waals surface area contributed by atoms with Crippen molar-refractivity contribution in [1.82, 2.24) is 19.4 Å². The van der Waals surface area contributed by atoms with E-state index in [0.29, 0.717) is 5.89 Å². The highest BCUT2D eigenvalue weighted by Gasteiger charge is 2.29. The number of benzene rings is 1. The molecule has 3 heterocycles. The van der Waals surface area contributed by atoms with Gasteiger partial charge in [-0.25, -0.2) is 9.97 Å². The average Bonchev–Trinajstić information content (AvgIpc) is 3.21. The molecule has 25 heavy (non-hydrogen) atoms. The van der Waals surface area contributed by atoms with Crippen LogP contribution in [-0.2, 0) is 19.5 Å². The molecule has 0 amide bonds. The maximum absolute atomic E-state index is 5.69. The monoisotopic (exact) mass is 334 g/mol. The Hall–Kier alpha value is -2.40. The minimum absolute atomic E-state index is 0.700. The lowest BCUT2D eigenvalue weighted by Crippen LogP contribution is -2.31. The average molecular weight is 334 g/mol. The molecule has 1 saturated carbocycles. The second-order valence-corrected chi connectivity index (χ2v) is 7.25. The standard InChI is InChI=1S/C20H22N4O/c1-14-2-4-15(5-3-14)20-22-16(12-25-20)10-23-9-8-19-18(11-23)21-13-24(19)17-6-7-17/h2-5,12-13,17H,6-11H2,1H3. The number of aromatic nitrogens is 3. The van der Waals surface area contributed by atoms with E-state index in [1.165, 1.54) is 29.8 Å². The van der Waals surface area contributed by atoms with Crippen molar-refractivity contribution in [3.63, 3.8) is 0 Å². The Morgan fingerprint density at radius 3 is 2.84 bits per heavy atom. The maximum Gasteiger partial charge on any atom is 0.226 e. The van der Waals surface area contributed by atoms with E-state index in [0.717, 1.165) is 43.4 Å². The quantitative estimate of drug-likeness (QED) is 0.729. The molecule has 1 aromatic carbocycles. The van der Waals surface area contributed by atoms with Gasteiger partial charge < -0.3 is 8.98 Å². The number of aryl methyl sites for hydroxylation is 1. The van der Waals surface area contributed by atoms with Crippen LogP contribution in [-0.4, -0.2) is 26.0 Å². The van der Waals surface area contributed by atoms with Crippen LogP contribution in [0, 0.1) is 6.92 Å². The Bertz CT molecular complexity index is 889. The van der Waals surface area contributed by atoms with Crippen molar-refractivity contribution in [3.05, 3.63) is 59.5 Å². The van der Waals surface area contributed by atoms with Gasteiger partial charge in [-0.2, -0.15) is 0 Å². The Morgan fingerprint density at radius 2 is 2.04 bits per heavy atom. The number of hydrogen-bond acceptors (Lipinski definition) is 4. The third-order valence-electron chi connectivity index (χ3n) is 5.20. The Balaban J connectivity index is 1.29. The second kappa shape index (κ2) is 5.85. The number of hydrogen-bond donors (Lipinski definition) is 0. The third-order valence-corrected chi connectivity index (χ3v) is 5.20. The summed E-state index contributed by atoms with van der Waals surface area (Å²) in [5, 5.41) is 0. The van der Waals surface area contributed by atoms with Gasteiger partial charge in [-0.1, -0.05) is 17.7 Å². The van der Waals surface area contributed by atoms with Crippen molar-refractivity contribution in [1.29, 1.82) is 0 Å². The first-order valence-electron chi connectivity index (χ1n) is 9.04. The van der Waals surface area contributed by atoms with E-state index in [2.05, 4.69) is 50.6 Å². The molecule has 1 fully saturated rings. The van der Waals surface area contributed by atoms with Gasteiger partial charge in [0.15, 0.2) is 0 Å². The summed E-state index contributed by atoms with van der Waals surface area (Å²) in [6.07, 6.45) is 7.53. The highest BCUT2D eigenvalue weighted by Crippen LogP contribution is 2.37. The first-order valence-corrected chi connectivity index (χ1v) is 9.04. The summed E-state index contributed by atoms with van der Waals surface area (Å²) in [7, 11) is 0. The molecular weight excluding hydrogens is 312 g/mol. The summed E-state index contributed by atoms with van der Waals surface area (Å²) < 4.78 is 8.09. The van der Waals surface area contributed by atoms with Gasteiger partial charge in [0.1, 0.15) is 6.26 Å². The molecule has 0 spiro atoms. The molecule has 0 radical (unpaired) electrons. The SMILES string of the molecule is Cc1ccc(-c2nc(CN3CCc4c(ncn4C4CC4)C3)co2)cc1. The minimum atomic E-state index is 0.700. The summed E-state index contributed by atoms with van der Waals surface area (Å²) in [6, 6.07) is 9.00. The Labute approximate surface area is 147 Å². The molecule has 0 bridgehead atoms. The largest absolute Gasteiger partial charge is 0.444 e. The smallest absolute Gasteiger partial charge is 0.226 e. The predicted molar refractivity (Wildman–Crippen MR) is 95.0 cm³/mol. The molecule has 2 aliphatic rings. The maximum atomic E-state index is 5.69. The number of oxazole rings is 1. The second-order valence-electron chi connectivity index (χ2n) is 7.25. The highest BCUT2D eigenvalue weighted by atomic mass is 16.3. The highest BCUT2D eigenvalue weighted by molar-refractivity contribution is 5.53. The van der Waals surface area contributed by atoms with Crippen molar-refractivity contribution in [2.24, 2.45) is 0 Å². The van der Waals surface area contributed by atoms with Gasteiger partial charge in [0.25, 0.3) is 0 Å². The van der Waals surface area contributed by atoms with E-state index in [4.69, 9.17) is 4.42 Å². The van der Waals surface area contributed by atoms with Crippen molar-refractivity contribution in [3.8, 4) is 11.5 Å². The zero-order valence-corrected chi connectivity index (χ0v) is 14.5. The summed E-state index contributed by atoms with van der Waals surface area (Å²) in [5.74, 6) is 0.700. The molecule has 3 aromatic rings. The van der Waals surface area contributed by atoms with Crippen LogP contribution < -0.4 is 0 Å². The number of fused-ring (bicyclic) bond motifs is 1. The first kappa shape index (κ1) is 14.9. The van der Waals surface area contributed by atoms with Crippen LogP contribution in [0.15, 0.2) is 41.3 Å². The van der Waals surface area contributed by atoms with Gasteiger partial charge in [-0.15, -0.1) is 0 Å². The number of rotatable bonds is 4. The van der Waals surface area contributed by atoms with E-state index in [9.17, 15) is 0 Å². The van der Waals surface area contributed by atoms with Crippen LogP contribution in [0.1, 0.15) is 41.5 Å². The summed E-state index contributed by atoms with van der Waals surface area (Å²) in [5.41, 5.74) is 5.94. The summed E-state index contributed by atoms with van der Waals surface area (Å²) >= 11 is 0. The molecule has 5 rings (SSSR count). The van der Waals surface area contributed by atoms with E-state index in [1.807, 2.05) is 6.33 Å². The molecule has 0 unspecified atom stereocenters. The van der Waals surface area contributed by atoms with Crippen LogP contribution in [0.3, 0.4) is 0 Å². The van der Waals surface area contributed by atoms with Crippen molar-refractivity contribution in [2.45, 2.75) is 45.3 Å². The van der Waals surface area contributed by atoms with Crippen molar-refractivity contribution >= 4 is 0 Å². The number of nitrogens with zero attached hydrogens (tertiary/aromatic N) is 4. The lowest BCUT2D eigenvalue weighted by Gasteiger charge is -2.26. The van der Waals surface area contributed by atoms with Gasteiger partial charge in [0.2, 0.25) is 5.89 Å². The van der Waals surface area contributed by atoms with Crippen LogP contribution in [0.25, 0.3) is 11.5 Å². The zero-order chi connectivity index (χ0) is 16.8. The van der Waals surface area contributed by atoms with E-state index < -0.39 is 0 Å². The molecule has 0 atom stereocenters. The van der Waals surface area contributed by atoms with Gasteiger partial charge >= 0.3 is 0 Å². The fourth-order valence-electron chi connectivity index (χ4n) is 3.63. The molecule has 2 aromatic heterocycles. The molecule has 0 saturated heterocycles. The van der Waals surface area contributed by atoms with Gasteiger partial charge in [0, 0.05) is 43.4 Å². The predicted octanol–water partition coefficient (Wildman–Crippen LogP) is 3.74. The number of imidazole rings is 1. The lowest BCUT2D eigenvalue weighted by atomic mass is 10.1. The molecular formula is C20H22N4O. The molecule has 5 nitrogen and oxygen atoms in total. The third kappa shape index (κ3) is 2.89. The van der Waals surface area contributed by atoms with E-state index >= 15 is 0 Å². The fraction of sp³-hybridized carbons (Fsp3) is 0.400. The molecule has 0 N–H and O–H groups in total. The van der Waals surface area contributed by atoms with Crippen LogP contribution in [0.5, 0.6) is 0 Å². The minimum Gasteiger partial charge on any atom is -0.444 e. The molecule has 1 aliphatic carbocycles. The van der Waals surface area contributed by atoms with Crippen molar-refractivity contribution in [2.75, 3.05) is 6.54 Å². The van der Waals surface area contributed by atoms with E-state index in [1.54, 1.807) is 6.26 Å². The Kier molecular flexibility index (Phi) is 3.48. The van der Waals surface area contributed by atoms with Gasteiger partial charge in [-0.05, 0) is 31.9 Å². The molecule has 1 aliphatic heterocycles. The van der Waals surface area contributed by atoms with Crippen molar-refractivity contribution < 1.29 is 4.42 Å². The fourth-order valence-corrected chi connectivity index (χ4v) is 3.63. The zero-order valence-electron chi connectivity index (χ0n) is 14.5. The van der Waals surface area contributed by atoms with Gasteiger partial charge in [-0.3, -0.25) is 4.90 Å². The van der Waals surface area contributed by atoms with Crippen LogP contribution in [0.4, 0.5) is 0 Å². The topological polar surface area (TPSA) is 47.1 Å². The molecule has 128 valence electrons. The normalized spacial score (nSPS) is 17.6. The summed E-state index contributed by atoms with van der Waals surface area (Å²) in [6.45, 7) is 4.85.